The first-order valence-electron chi connectivity index (χ1n) is 8.72. The van der Waals surface area contributed by atoms with E-state index in [1.54, 1.807) is 42.5 Å². The second-order valence-corrected chi connectivity index (χ2v) is 8.16. The monoisotopic (exact) mass is 430 g/mol. The predicted octanol–water partition coefficient (Wildman–Crippen LogP) is 3.26. The van der Waals surface area contributed by atoms with Gasteiger partial charge in [0.15, 0.2) is 5.03 Å². The van der Waals surface area contributed by atoms with Crippen LogP contribution in [0, 0.1) is 0 Å². The molecular formula is C20H19ClN4O3S. The number of anilines is 1. The van der Waals surface area contributed by atoms with Crippen molar-refractivity contribution in [2.75, 3.05) is 11.9 Å². The number of sulfone groups is 1. The molecule has 29 heavy (non-hydrogen) atoms. The molecule has 0 fully saturated rings. The Morgan fingerprint density at radius 2 is 1.69 bits per heavy atom. The highest BCUT2D eigenvalue weighted by molar-refractivity contribution is 7.91. The number of fused-ring (bicyclic) bond motifs is 2. The largest absolute Gasteiger partial charge is 0.330 e. The molecule has 1 aromatic heterocycles. The van der Waals surface area contributed by atoms with Gasteiger partial charge in [0.1, 0.15) is 0 Å². The second kappa shape index (κ2) is 8.20. The van der Waals surface area contributed by atoms with E-state index in [1.165, 1.54) is 0 Å². The number of aromatic amines is 1. The van der Waals surface area contributed by atoms with Gasteiger partial charge in [-0.05, 0) is 23.6 Å². The fraction of sp³-hybridized carbons (Fsp3) is 0.100. The summed E-state index contributed by atoms with van der Waals surface area (Å²) in [5.41, 5.74) is 6.32. The van der Waals surface area contributed by atoms with Crippen LogP contribution in [0.25, 0.3) is 21.7 Å². The molecule has 0 unspecified atom stereocenters. The fourth-order valence-electron chi connectivity index (χ4n) is 3.20. The van der Waals surface area contributed by atoms with Crippen molar-refractivity contribution in [3.05, 3.63) is 60.7 Å². The van der Waals surface area contributed by atoms with Crippen molar-refractivity contribution in [1.29, 1.82) is 0 Å². The third-order valence-corrected chi connectivity index (χ3v) is 6.26. The van der Waals surface area contributed by atoms with Crippen molar-refractivity contribution in [2.45, 2.75) is 16.3 Å². The number of halogens is 1. The summed E-state index contributed by atoms with van der Waals surface area (Å²) in [5.74, 6) is -0.247. The summed E-state index contributed by atoms with van der Waals surface area (Å²) in [5, 5.41) is 11.4. The lowest BCUT2D eigenvalue weighted by Gasteiger charge is -2.07. The number of hydrogen-bond donors (Lipinski definition) is 3. The van der Waals surface area contributed by atoms with Gasteiger partial charge in [-0.1, -0.05) is 42.5 Å². The van der Waals surface area contributed by atoms with E-state index in [-0.39, 0.29) is 41.2 Å². The highest BCUT2D eigenvalue weighted by Gasteiger charge is 2.26. The molecule has 0 radical (unpaired) electrons. The normalized spacial score (nSPS) is 11.3. The summed E-state index contributed by atoms with van der Waals surface area (Å²) in [7, 11) is -3.88. The first kappa shape index (κ1) is 20.8. The average molecular weight is 431 g/mol. The molecule has 1 heterocycles. The van der Waals surface area contributed by atoms with Gasteiger partial charge in [-0.2, -0.15) is 5.10 Å². The minimum atomic E-state index is -3.88. The van der Waals surface area contributed by atoms with Crippen LogP contribution < -0.4 is 11.1 Å². The molecule has 0 aliphatic carbocycles. The minimum absolute atomic E-state index is 0. The Bertz CT molecular complexity index is 1300. The highest BCUT2D eigenvalue weighted by atomic mass is 35.5. The Kier molecular flexibility index (Phi) is 5.88. The third-order valence-electron chi connectivity index (χ3n) is 4.50. The number of nitrogens with one attached hydrogen (secondary N) is 2. The summed E-state index contributed by atoms with van der Waals surface area (Å²) in [6.07, 6.45) is 0.172. The van der Waals surface area contributed by atoms with E-state index in [0.29, 0.717) is 22.0 Å². The van der Waals surface area contributed by atoms with E-state index in [2.05, 4.69) is 15.5 Å². The standard InChI is InChI=1S/C20H18N4O3S.ClH/c21-12-11-18(25)22-16-9-4-8-15-19(16)23-24-20(15)28(26,27)17-10-3-6-13-5-1-2-7-14(13)17;/h1-10H,11-12,21H2,(H,22,25)(H,23,24);1H. The van der Waals surface area contributed by atoms with Crippen LogP contribution in [0.5, 0.6) is 0 Å². The molecule has 7 nitrogen and oxygen atoms in total. The van der Waals surface area contributed by atoms with E-state index in [4.69, 9.17) is 5.73 Å². The van der Waals surface area contributed by atoms with Gasteiger partial charge in [-0.15, -0.1) is 12.4 Å². The molecule has 4 N–H and O–H groups in total. The number of rotatable bonds is 5. The molecule has 3 aromatic carbocycles. The zero-order chi connectivity index (χ0) is 19.7. The second-order valence-electron chi connectivity index (χ2n) is 6.32. The van der Waals surface area contributed by atoms with E-state index in [1.807, 2.05) is 18.2 Å². The maximum atomic E-state index is 13.4. The summed E-state index contributed by atoms with van der Waals surface area (Å²) in [6.45, 7) is 0.228. The Morgan fingerprint density at radius 3 is 2.48 bits per heavy atom. The Balaban J connectivity index is 0.00000240. The number of benzene rings is 3. The van der Waals surface area contributed by atoms with Crippen molar-refractivity contribution in [3.63, 3.8) is 0 Å². The van der Waals surface area contributed by atoms with Crippen LogP contribution in [0.1, 0.15) is 6.42 Å². The molecule has 9 heteroatoms. The SMILES string of the molecule is Cl.NCCC(=O)Nc1cccc2c(S(=O)(=O)c3cccc4ccccc34)n[nH]c12. The minimum Gasteiger partial charge on any atom is -0.330 e. The van der Waals surface area contributed by atoms with Gasteiger partial charge in [0.05, 0.1) is 16.1 Å². The van der Waals surface area contributed by atoms with Crippen molar-refractivity contribution < 1.29 is 13.2 Å². The van der Waals surface area contributed by atoms with E-state index in [9.17, 15) is 13.2 Å². The fourth-order valence-corrected chi connectivity index (χ4v) is 4.77. The van der Waals surface area contributed by atoms with Crippen LogP contribution >= 0.6 is 12.4 Å². The van der Waals surface area contributed by atoms with Crippen LogP contribution in [0.15, 0.2) is 70.6 Å². The number of para-hydroxylation sites is 1. The average Bonchev–Trinajstić information content (AvgIpc) is 3.14. The number of aromatic nitrogens is 2. The number of nitrogens with two attached hydrogens (primary N) is 1. The van der Waals surface area contributed by atoms with Crippen LogP contribution in [0.4, 0.5) is 5.69 Å². The number of nitrogens with zero attached hydrogens (tertiary/aromatic N) is 1. The quantitative estimate of drug-likeness (QED) is 0.449. The van der Waals surface area contributed by atoms with Crippen molar-refractivity contribution in [2.24, 2.45) is 5.73 Å². The van der Waals surface area contributed by atoms with Crippen molar-refractivity contribution in [1.82, 2.24) is 10.2 Å². The summed E-state index contributed by atoms with van der Waals surface area (Å²) in [4.78, 5) is 12.1. The first-order valence-corrected chi connectivity index (χ1v) is 10.2. The molecule has 0 aliphatic rings. The number of carbonyl (C=O) groups excluding carboxylic acids is 1. The van der Waals surface area contributed by atoms with Crippen LogP contribution in [0.3, 0.4) is 0 Å². The molecular weight excluding hydrogens is 412 g/mol. The first-order chi connectivity index (χ1) is 13.5. The lowest BCUT2D eigenvalue weighted by Crippen LogP contribution is -2.16. The van der Waals surface area contributed by atoms with Gasteiger partial charge >= 0.3 is 0 Å². The number of H-pyrrole nitrogens is 1. The summed E-state index contributed by atoms with van der Waals surface area (Å²) >= 11 is 0. The predicted molar refractivity (Wildman–Crippen MR) is 115 cm³/mol. The molecule has 0 bridgehead atoms. The summed E-state index contributed by atoms with van der Waals surface area (Å²) in [6, 6.07) is 17.5. The lowest BCUT2D eigenvalue weighted by molar-refractivity contribution is -0.116. The van der Waals surface area contributed by atoms with Gasteiger partial charge in [0, 0.05) is 23.7 Å². The lowest BCUT2D eigenvalue weighted by atomic mass is 10.1. The number of carbonyl (C=O) groups is 1. The van der Waals surface area contributed by atoms with Crippen LogP contribution in [0.2, 0.25) is 0 Å². The van der Waals surface area contributed by atoms with Gasteiger partial charge in [0.25, 0.3) is 0 Å². The van der Waals surface area contributed by atoms with Crippen molar-refractivity contribution >= 4 is 55.5 Å². The number of hydrogen-bond acceptors (Lipinski definition) is 5. The molecule has 0 saturated carbocycles. The topological polar surface area (TPSA) is 118 Å². The number of amides is 1. The molecule has 4 aromatic rings. The Labute approximate surface area is 173 Å². The van der Waals surface area contributed by atoms with Gasteiger partial charge in [0.2, 0.25) is 15.7 Å². The molecule has 0 saturated heterocycles. The van der Waals surface area contributed by atoms with E-state index >= 15 is 0 Å². The van der Waals surface area contributed by atoms with Gasteiger partial charge in [-0.25, -0.2) is 8.42 Å². The molecule has 150 valence electrons. The third kappa shape index (κ3) is 3.69. The Hall–Kier alpha value is -2.94. The van der Waals surface area contributed by atoms with E-state index < -0.39 is 9.84 Å². The highest BCUT2D eigenvalue weighted by Crippen LogP contribution is 2.33. The van der Waals surface area contributed by atoms with Crippen LogP contribution in [-0.4, -0.2) is 31.1 Å². The van der Waals surface area contributed by atoms with Gasteiger partial charge in [-0.3, -0.25) is 9.89 Å². The Morgan fingerprint density at radius 1 is 1.00 bits per heavy atom. The zero-order valence-corrected chi connectivity index (χ0v) is 16.9. The molecule has 0 aliphatic heterocycles. The maximum Gasteiger partial charge on any atom is 0.226 e. The van der Waals surface area contributed by atoms with E-state index in [0.717, 1.165) is 5.39 Å². The molecule has 4 rings (SSSR count). The molecule has 1 amide bonds. The summed E-state index contributed by atoms with van der Waals surface area (Å²) < 4.78 is 26.7. The zero-order valence-electron chi connectivity index (χ0n) is 15.3. The maximum absolute atomic E-state index is 13.4. The smallest absolute Gasteiger partial charge is 0.226 e. The van der Waals surface area contributed by atoms with Gasteiger partial charge < -0.3 is 11.1 Å². The van der Waals surface area contributed by atoms with Crippen LogP contribution in [-0.2, 0) is 14.6 Å². The molecule has 0 spiro atoms. The van der Waals surface area contributed by atoms with Crippen molar-refractivity contribution in [3.8, 4) is 0 Å². The molecule has 0 atom stereocenters.